The Morgan fingerprint density at radius 3 is 2.89 bits per heavy atom. The first kappa shape index (κ1) is 12.4. The van der Waals surface area contributed by atoms with Gasteiger partial charge in [-0.15, -0.1) is 0 Å². The molecule has 2 heterocycles. The van der Waals surface area contributed by atoms with Crippen molar-refractivity contribution in [3.05, 3.63) is 52.9 Å². The number of fused-ring (bicyclic) bond motifs is 1. The molecule has 1 aliphatic heterocycles. The van der Waals surface area contributed by atoms with Crippen molar-refractivity contribution in [2.45, 2.75) is 19.3 Å². The van der Waals surface area contributed by atoms with Crippen LogP contribution in [0.2, 0.25) is 5.02 Å². The first-order valence-corrected chi connectivity index (χ1v) is 6.80. The summed E-state index contributed by atoms with van der Waals surface area (Å²) in [4.78, 5) is 6.11. The largest absolute Gasteiger partial charge is 0.324 e. The molecule has 98 valence electrons. The molecule has 2 aromatic rings. The highest BCUT2D eigenvalue weighted by Gasteiger charge is 2.20. The Balaban J connectivity index is 2.09. The molecule has 0 saturated heterocycles. The first-order valence-electron chi connectivity index (χ1n) is 6.42. The fraction of sp³-hybridized carbons (Fsp3) is 0.267. The number of halogens is 2. The number of hydrogen-bond donors (Lipinski definition) is 0. The van der Waals surface area contributed by atoms with Gasteiger partial charge in [-0.25, -0.2) is 9.37 Å². The summed E-state index contributed by atoms with van der Waals surface area (Å²) in [7, 11) is 0. The molecule has 1 aromatic carbocycles. The molecule has 0 unspecified atom stereocenters. The fourth-order valence-corrected chi connectivity index (χ4v) is 2.66. The van der Waals surface area contributed by atoms with Crippen molar-refractivity contribution in [1.82, 2.24) is 4.98 Å². The number of aryl methyl sites for hydroxylation is 1. The Labute approximate surface area is 116 Å². The van der Waals surface area contributed by atoms with Crippen LogP contribution in [-0.4, -0.2) is 11.5 Å². The summed E-state index contributed by atoms with van der Waals surface area (Å²) in [5.41, 5.74) is 2.30. The molecule has 0 saturated carbocycles. The van der Waals surface area contributed by atoms with Crippen molar-refractivity contribution in [2.24, 2.45) is 0 Å². The van der Waals surface area contributed by atoms with Gasteiger partial charge in [-0.1, -0.05) is 29.8 Å². The molecule has 0 bridgehead atoms. The van der Waals surface area contributed by atoms with Crippen molar-refractivity contribution in [1.29, 1.82) is 0 Å². The summed E-state index contributed by atoms with van der Waals surface area (Å²) in [5.74, 6) is -0.0112. The van der Waals surface area contributed by atoms with Gasteiger partial charge in [0.05, 0.1) is 5.02 Å². The summed E-state index contributed by atoms with van der Waals surface area (Å²) in [6.07, 6.45) is 4.66. The minimum atomic E-state index is -0.371. The maximum absolute atomic E-state index is 14.1. The van der Waals surface area contributed by atoms with Crippen molar-refractivity contribution < 1.29 is 4.39 Å². The van der Waals surface area contributed by atoms with Crippen molar-refractivity contribution >= 4 is 23.1 Å². The molecule has 0 N–H and O–H groups in total. The quantitative estimate of drug-likeness (QED) is 0.770. The van der Waals surface area contributed by atoms with Gasteiger partial charge in [-0.2, -0.15) is 0 Å². The number of para-hydroxylation sites is 1. The van der Waals surface area contributed by atoms with Gasteiger partial charge < -0.3 is 4.90 Å². The van der Waals surface area contributed by atoms with Gasteiger partial charge in [-0.3, -0.25) is 0 Å². The number of nitrogens with zero attached hydrogens (tertiary/aromatic N) is 2. The lowest BCUT2D eigenvalue weighted by atomic mass is 10.1. The highest BCUT2D eigenvalue weighted by molar-refractivity contribution is 6.30. The van der Waals surface area contributed by atoms with Crippen LogP contribution in [0.25, 0.3) is 0 Å². The van der Waals surface area contributed by atoms with Gasteiger partial charge in [0.1, 0.15) is 0 Å². The number of rotatable bonds is 1. The molecular formula is C15H14ClFN2. The van der Waals surface area contributed by atoms with Gasteiger partial charge in [0.2, 0.25) is 0 Å². The average Bonchev–Trinajstić information content (AvgIpc) is 2.61. The van der Waals surface area contributed by atoms with E-state index in [4.69, 9.17) is 11.6 Å². The van der Waals surface area contributed by atoms with E-state index < -0.39 is 0 Å². The first-order chi connectivity index (χ1) is 9.25. The molecule has 2 nitrogen and oxygen atoms in total. The maximum Gasteiger partial charge on any atom is 0.169 e. The van der Waals surface area contributed by atoms with Gasteiger partial charge in [0.15, 0.2) is 11.6 Å². The zero-order valence-electron chi connectivity index (χ0n) is 10.4. The van der Waals surface area contributed by atoms with Gasteiger partial charge in [0.25, 0.3) is 0 Å². The summed E-state index contributed by atoms with van der Waals surface area (Å²) in [6, 6.07) is 9.44. The lowest BCUT2D eigenvalue weighted by Crippen LogP contribution is -2.20. The van der Waals surface area contributed by atoms with Crippen LogP contribution < -0.4 is 4.90 Å². The third-order valence-electron chi connectivity index (χ3n) is 3.40. The van der Waals surface area contributed by atoms with E-state index in [1.165, 1.54) is 17.8 Å². The van der Waals surface area contributed by atoms with Crippen LogP contribution >= 0.6 is 11.6 Å². The number of aromatic nitrogens is 1. The van der Waals surface area contributed by atoms with E-state index in [0.29, 0.717) is 10.8 Å². The van der Waals surface area contributed by atoms with Crippen LogP contribution in [0.3, 0.4) is 0 Å². The second kappa shape index (κ2) is 5.17. The molecule has 1 aliphatic rings. The normalized spacial score (nSPS) is 14.9. The van der Waals surface area contributed by atoms with Crippen LogP contribution in [0.4, 0.5) is 15.9 Å². The van der Waals surface area contributed by atoms with E-state index in [1.54, 1.807) is 0 Å². The zero-order chi connectivity index (χ0) is 13.2. The van der Waals surface area contributed by atoms with Crippen molar-refractivity contribution in [2.75, 3.05) is 11.4 Å². The van der Waals surface area contributed by atoms with Gasteiger partial charge >= 0.3 is 0 Å². The summed E-state index contributed by atoms with van der Waals surface area (Å²) in [5, 5.41) is 0.323. The summed E-state index contributed by atoms with van der Waals surface area (Å²) < 4.78 is 14.1. The highest BCUT2D eigenvalue weighted by Crippen LogP contribution is 2.33. The molecule has 0 radical (unpaired) electrons. The van der Waals surface area contributed by atoms with Crippen LogP contribution in [0.5, 0.6) is 0 Å². The van der Waals surface area contributed by atoms with E-state index >= 15 is 0 Å². The molecule has 0 aliphatic carbocycles. The third kappa shape index (κ3) is 2.43. The van der Waals surface area contributed by atoms with Crippen LogP contribution in [0, 0.1) is 5.82 Å². The molecule has 0 atom stereocenters. The van der Waals surface area contributed by atoms with E-state index in [0.717, 1.165) is 31.5 Å². The Morgan fingerprint density at radius 1 is 1.21 bits per heavy atom. The predicted octanol–water partition coefficient (Wildman–Crippen LogP) is 4.35. The van der Waals surface area contributed by atoms with Crippen LogP contribution in [0.15, 0.2) is 36.5 Å². The molecule has 19 heavy (non-hydrogen) atoms. The van der Waals surface area contributed by atoms with Crippen molar-refractivity contribution in [3.8, 4) is 0 Å². The second-order valence-electron chi connectivity index (χ2n) is 4.70. The van der Waals surface area contributed by atoms with Crippen LogP contribution in [-0.2, 0) is 6.42 Å². The lowest BCUT2D eigenvalue weighted by Gasteiger charge is -2.24. The van der Waals surface area contributed by atoms with Crippen molar-refractivity contribution in [3.63, 3.8) is 0 Å². The smallest absolute Gasteiger partial charge is 0.169 e. The Kier molecular flexibility index (Phi) is 3.38. The van der Waals surface area contributed by atoms with E-state index in [1.807, 2.05) is 23.1 Å². The Bertz CT molecular complexity index is 600. The minimum absolute atomic E-state index is 0.323. The molecular weight excluding hydrogens is 263 g/mol. The number of benzene rings is 1. The van der Waals surface area contributed by atoms with Crippen LogP contribution in [0.1, 0.15) is 18.4 Å². The standard InChI is InChI=1S/C15H14ClFN2/c16-12-9-13(17)15(18-10-12)19-8-4-3-6-11-5-1-2-7-14(11)19/h1-2,5,7,9-10H,3-4,6,8H2. The summed E-state index contributed by atoms with van der Waals surface area (Å²) in [6.45, 7) is 0.780. The predicted molar refractivity (Wildman–Crippen MR) is 75.6 cm³/mol. The van der Waals surface area contributed by atoms with E-state index in [-0.39, 0.29) is 5.82 Å². The average molecular weight is 277 g/mol. The number of anilines is 2. The zero-order valence-corrected chi connectivity index (χ0v) is 11.2. The Hall–Kier alpha value is -1.61. The third-order valence-corrected chi connectivity index (χ3v) is 3.61. The topological polar surface area (TPSA) is 16.1 Å². The SMILES string of the molecule is Fc1cc(Cl)cnc1N1CCCCc2ccccc21. The molecule has 1 aromatic heterocycles. The van der Waals surface area contributed by atoms with E-state index in [9.17, 15) is 4.39 Å². The molecule has 0 fully saturated rings. The minimum Gasteiger partial charge on any atom is -0.324 e. The highest BCUT2D eigenvalue weighted by atomic mass is 35.5. The summed E-state index contributed by atoms with van der Waals surface area (Å²) >= 11 is 5.77. The molecule has 0 spiro atoms. The van der Waals surface area contributed by atoms with Gasteiger partial charge in [-0.05, 0) is 37.0 Å². The molecule has 4 heteroatoms. The number of pyridine rings is 1. The number of hydrogen-bond acceptors (Lipinski definition) is 2. The molecule has 3 rings (SSSR count). The monoisotopic (exact) mass is 276 g/mol. The van der Waals surface area contributed by atoms with Gasteiger partial charge in [0, 0.05) is 18.4 Å². The second-order valence-corrected chi connectivity index (χ2v) is 5.13. The fourth-order valence-electron chi connectivity index (χ4n) is 2.52. The Morgan fingerprint density at radius 2 is 2.05 bits per heavy atom. The van der Waals surface area contributed by atoms with E-state index in [2.05, 4.69) is 11.1 Å². The maximum atomic E-state index is 14.1. The lowest BCUT2D eigenvalue weighted by molar-refractivity contribution is 0.616. The molecule has 0 amide bonds.